The third-order valence-electron chi connectivity index (χ3n) is 3.49. The van der Waals surface area contributed by atoms with E-state index in [1.54, 1.807) is 19.1 Å². The molecular weight excluding hydrogens is 272 g/mol. The van der Waals surface area contributed by atoms with Crippen molar-refractivity contribution in [1.29, 1.82) is 5.26 Å². The average molecular weight is 284 g/mol. The molecule has 0 atom stereocenters. The van der Waals surface area contributed by atoms with Crippen LogP contribution in [0.4, 0.5) is 5.69 Å². The molecule has 0 saturated heterocycles. The molecule has 1 aromatic heterocycles. The second-order valence-electron chi connectivity index (χ2n) is 4.79. The van der Waals surface area contributed by atoms with Crippen LogP contribution in [0, 0.1) is 18.3 Å². The Bertz CT molecular complexity index is 889. The van der Waals surface area contributed by atoms with Gasteiger partial charge in [0.05, 0.1) is 11.4 Å². The number of ether oxygens (including phenoxy) is 1. The fraction of sp³-hybridized carbons (Fsp3) is 0.214. The molecule has 1 aliphatic rings. The summed E-state index contributed by atoms with van der Waals surface area (Å²) in [5.41, 5.74) is 0.440. The van der Waals surface area contributed by atoms with Gasteiger partial charge in [-0.3, -0.25) is 14.3 Å². The van der Waals surface area contributed by atoms with Crippen LogP contribution in [0.2, 0.25) is 0 Å². The van der Waals surface area contributed by atoms with Crippen molar-refractivity contribution in [1.82, 2.24) is 9.55 Å². The second kappa shape index (κ2) is 4.52. The zero-order chi connectivity index (χ0) is 15.1. The van der Waals surface area contributed by atoms with Crippen molar-refractivity contribution in [2.24, 2.45) is 0 Å². The first-order valence-electron chi connectivity index (χ1n) is 6.27. The molecular formula is C14H12N4O3. The summed E-state index contributed by atoms with van der Waals surface area (Å²) < 4.78 is 6.80. The molecule has 0 aliphatic carbocycles. The highest BCUT2D eigenvalue weighted by molar-refractivity contribution is 5.64. The number of fused-ring (bicyclic) bond motifs is 1. The first-order valence-corrected chi connectivity index (χ1v) is 6.27. The van der Waals surface area contributed by atoms with E-state index in [9.17, 15) is 9.59 Å². The highest BCUT2D eigenvalue weighted by atomic mass is 16.5. The normalized spacial score (nSPS) is 12.7. The maximum atomic E-state index is 12.0. The minimum Gasteiger partial charge on any atom is -0.471 e. The third-order valence-corrected chi connectivity index (χ3v) is 3.49. The molecule has 2 heterocycles. The molecule has 0 saturated carbocycles. The lowest BCUT2D eigenvalue weighted by atomic mass is 10.2. The Balaban J connectivity index is 2.26. The van der Waals surface area contributed by atoms with E-state index in [4.69, 9.17) is 10.00 Å². The van der Waals surface area contributed by atoms with Crippen LogP contribution < -0.4 is 20.9 Å². The van der Waals surface area contributed by atoms with Gasteiger partial charge in [0, 0.05) is 18.8 Å². The summed E-state index contributed by atoms with van der Waals surface area (Å²) >= 11 is 0. The summed E-state index contributed by atoms with van der Waals surface area (Å²) in [7, 11) is 1.90. The van der Waals surface area contributed by atoms with Gasteiger partial charge in [-0.15, -0.1) is 0 Å². The minimum absolute atomic E-state index is 0.0758. The smallest absolute Gasteiger partial charge is 0.333 e. The number of anilines is 1. The maximum Gasteiger partial charge on any atom is 0.333 e. The van der Waals surface area contributed by atoms with Crippen LogP contribution in [0.3, 0.4) is 0 Å². The molecule has 0 spiro atoms. The zero-order valence-electron chi connectivity index (χ0n) is 11.5. The van der Waals surface area contributed by atoms with Crippen molar-refractivity contribution in [2.75, 3.05) is 18.7 Å². The van der Waals surface area contributed by atoms with Gasteiger partial charge in [-0.1, -0.05) is 0 Å². The Labute approximate surface area is 119 Å². The SMILES string of the molecule is Cc1c(C#N)c(=O)[nH]c(=O)n1-c1ccc2c(c1)OCN2C. The summed E-state index contributed by atoms with van der Waals surface area (Å²) in [5, 5.41) is 9.03. The average Bonchev–Trinajstić information content (AvgIpc) is 2.80. The van der Waals surface area contributed by atoms with Gasteiger partial charge in [0.25, 0.3) is 5.56 Å². The molecule has 0 radical (unpaired) electrons. The molecule has 21 heavy (non-hydrogen) atoms. The van der Waals surface area contributed by atoms with Crippen molar-refractivity contribution in [3.05, 3.63) is 50.3 Å². The number of hydrogen-bond acceptors (Lipinski definition) is 5. The van der Waals surface area contributed by atoms with Gasteiger partial charge in [0.1, 0.15) is 17.4 Å². The lowest BCUT2D eigenvalue weighted by Gasteiger charge is -2.12. The lowest BCUT2D eigenvalue weighted by molar-refractivity contribution is 0.353. The number of nitrogens with zero attached hydrogens (tertiary/aromatic N) is 3. The van der Waals surface area contributed by atoms with E-state index in [2.05, 4.69) is 4.98 Å². The van der Waals surface area contributed by atoms with Crippen molar-refractivity contribution >= 4 is 5.69 Å². The maximum absolute atomic E-state index is 12.0. The van der Waals surface area contributed by atoms with Crippen LogP contribution in [-0.2, 0) is 0 Å². The van der Waals surface area contributed by atoms with E-state index in [-0.39, 0.29) is 5.56 Å². The van der Waals surface area contributed by atoms with Crippen LogP contribution in [0.15, 0.2) is 27.8 Å². The van der Waals surface area contributed by atoms with E-state index >= 15 is 0 Å². The third kappa shape index (κ3) is 1.89. The van der Waals surface area contributed by atoms with E-state index in [1.165, 1.54) is 4.57 Å². The molecule has 0 unspecified atom stereocenters. The number of benzene rings is 1. The predicted molar refractivity (Wildman–Crippen MR) is 76.0 cm³/mol. The standard InChI is InChI=1S/C14H12N4O3/c1-8-10(6-15)13(19)16-14(20)18(8)9-3-4-11-12(5-9)21-7-17(11)2/h3-5H,7H2,1-2H3,(H,16,19,20). The molecule has 1 aromatic carbocycles. The van der Waals surface area contributed by atoms with Gasteiger partial charge in [-0.05, 0) is 19.1 Å². The second-order valence-corrected chi connectivity index (χ2v) is 4.79. The number of hydrogen-bond donors (Lipinski definition) is 1. The lowest BCUT2D eigenvalue weighted by Crippen LogP contribution is -2.32. The number of rotatable bonds is 1. The zero-order valence-corrected chi connectivity index (χ0v) is 11.5. The summed E-state index contributed by atoms with van der Waals surface area (Å²) in [6.45, 7) is 2.01. The molecule has 0 fully saturated rings. The molecule has 1 aliphatic heterocycles. The minimum atomic E-state index is -0.673. The van der Waals surface area contributed by atoms with E-state index in [0.717, 1.165) is 5.69 Å². The number of nitrogens with one attached hydrogen (secondary N) is 1. The Morgan fingerprint density at radius 2 is 2.14 bits per heavy atom. The summed E-state index contributed by atoms with van der Waals surface area (Å²) in [6.07, 6.45) is 0. The van der Waals surface area contributed by atoms with Gasteiger partial charge in [0.2, 0.25) is 0 Å². The first kappa shape index (κ1) is 13.0. The van der Waals surface area contributed by atoms with Crippen LogP contribution in [0.1, 0.15) is 11.3 Å². The van der Waals surface area contributed by atoms with Gasteiger partial charge in [-0.2, -0.15) is 5.26 Å². The molecule has 2 aromatic rings. The monoisotopic (exact) mass is 284 g/mol. The molecule has 7 nitrogen and oxygen atoms in total. The Hall–Kier alpha value is -3.01. The van der Waals surface area contributed by atoms with Crippen LogP contribution in [0.5, 0.6) is 5.75 Å². The van der Waals surface area contributed by atoms with Crippen molar-refractivity contribution in [2.45, 2.75) is 6.92 Å². The molecule has 1 N–H and O–H groups in total. The summed E-state index contributed by atoms with van der Waals surface area (Å²) in [6, 6.07) is 7.11. The quantitative estimate of drug-likeness (QED) is 0.823. The largest absolute Gasteiger partial charge is 0.471 e. The highest BCUT2D eigenvalue weighted by Crippen LogP contribution is 2.34. The van der Waals surface area contributed by atoms with E-state index in [1.807, 2.05) is 24.1 Å². The first-order chi connectivity index (χ1) is 10.0. The van der Waals surface area contributed by atoms with Crippen molar-refractivity contribution < 1.29 is 4.74 Å². The Kier molecular flexibility index (Phi) is 2.80. The fourth-order valence-electron chi connectivity index (χ4n) is 2.40. The summed E-state index contributed by atoms with van der Waals surface area (Å²) in [4.78, 5) is 27.7. The Morgan fingerprint density at radius 1 is 1.38 bits per heavy atom. The number of nitriles is 1. The molecule has 3 rings (SSSR count). The Morgan fingerprint density at radius 3 is 2.86 bits per heavy atom. The number of H-pyrrole nitrogens is 1. The van der Waals surface area contributed by atoms with Crippen LogP contribution >= 0.6 is 0 Å². The van der Waals surface area contributed by atoms with Crippen LogP contribution in [0.25, 0.3) is 5.69 Å². The van der Waals surface area contributed by atoms with E-state index < -0.39 is 11.2 Å². The number of aromatic nitrogens is 2. The predicted octanol–water partition coefficient (Wildman–Crippen LogP) is 0.492. The molecule has 0 bridgehead atoms. The summed E-state index contributed by atoms with van der Waals surface area (Å²) in [5.74, 6) is 0.658. The van der Waals surface area contributed by atoms with Gasteiger partial charge >= 0.3 is 5.69 Å². The van der Waals surface area contributed by atoms with Gasteiger partial charge in [-0.25, -0.2) is 4.79 Å². The number of aromatic amines is 1. The topological polar surface area (TPSA) is 91.1 Å². The fourth-order valence-corrected chi connectivity index (χ4v) is 2.40. The van der Waals surface area contributed by atoms with Crippen molar-refractivity contribution in [3.8, 4) is 17.5 Å². The van der Waals surface area contributed by atoms with Gasteiger partial charge < -0.3 is 9.64 Å². The highest BCUT2D eigenvalue weighted by Gasteiger charge is 2.19. The molecule has 0 amide bonds. The van der Waals surface area contributed by atoms with E-state index in [0.29, 0.717) is 23.9 Å². The van der Waals surface area contributed by atoms with Crippen LogP contribution in [-0.4, -0.2) is 23.3 Å². The molecule has 7 heteroatoms. The molecule has 106 valence electrons. The van der Waals surface area contributed by atoms with Crippen molar-refractivity contribution in [3.63, 3.8) is 0 Å². The van der Waals surface area contributed by atoms with Gasteiger partial charge in [0.15, 0.2) is 6.73 Å².